The van der Waals surface area contributed by atoms with E-state index in [0.717, 1.165) is 35.1 Å². The van der Waals surface area contributed by atoms with Crippen molar-refractivity contribution < 1.29 is 50.6 Å². The van der Waals surface area contributed by atoms with E-state index in [1.165, 1.54) is 24.4 Å². The molecule has 0 saturated carbocycles. The number of benzene rings is 2. The number of imidazole rings is 1. The molecule has 0 spiro atoms. The van der Waals surface area contributed by atoms with Crippen molar-refractivity contribution in [1.82, 2.24) is 24.9 Å². The van der Waals surface area contributed by atoms with Crippen molar-refractivity contribution in [2.75, 3.05) is 13.2 Å². The Morgan fingerprint density at radius 1 is 1.02 bits per heavy atom. The van der Waals surface area contributed by atoms with E-state index in [1.54, 1.807) is 6.92 Å². The van der Waals surface area contributed by atoms with Crippen molar-refractivity contribution in [3.05, 3.63) is 77.8 Å². The first-order chi connectivity index (χ1) is 21.5. The maximum atomic E-state index is 14.4. The molecule has 3 heterocycles. The van der Waals surface area contributed by atoms with Gasteiger partial charge >= 0.3 is 47.7 Å². The number of rotatable bonds is 11. The summed E-state index contributed by atoms with van der Waals surface area (Å²) in [5.74, 6) is -5.09. The molecule has 11 nitrogen and oxygen atoms in total. The van der Waals surface area contributed by atoms with Gasteiger partial charge in [-0.05, 0) is 36.8 Å². The Balaban J connectivity index is 0.00000480. The third-order valence-corrected chi connectivity index (χ3v) is 6.37. The molecule has 2 aliphatic rings. The summed E-state index contributed by atoms with van der Waals surface area (Å²) >= 11 is 0. The minimum atomic E-state index is -4.80. The van der Waals surface area contributed by atoms with Gasteiger partial charge in [0.1, 0.15) is 29.4 Å². The average molecular weight is 656 g/mol. The van der Waals surface area contributed by atoms with Crippen LogP contribution in [0, 0.1) is 11.6 Å². The number of ether oxygens (including phenoxy) is 2. The monoisotopic (exact) mass is 655 g/mol. The number of carboxylic acid groups (broad SMARTS) is 1. The van der Waals surface area contributed by atoms with Gasteiger partial charge < -0.3 is 19.1 Å². The molecule has 2 aliphatic heterocycles. The second-order valence-electron chi connectivity index (χ2n) is 9.55. The van der Waals surface area contributed by atoms with Gasteiger partial charge in [-0.25, -0.2) is 28.2 Å². The summed E-state index contributed by atoms with van der Waals surface area (Å²) in [6.07, 6.45) is -2.39. The van der Waals surface area contributed by atoms with Crippen molar-refractivity contribution in [1.29, 1.82) is 0 Å². The van der Waals surface area contributed by atoms with Crippen molar-refractivity contribution in [2.24, 2.45) is 0 Å². The van der Waals surface area contributed by atoms with Gasteiger partial charge in [-0.1, -0.05) is 18.1 Å². The summed E-state index contributed by atoms with van der Waals surface area (Å²) in [4.78, 5) is 32.5. The molecule has 1 atom stereocenters. The molecule has 1 aromatic heterocycles. The van der Waals surface area contributed by atoms with E-state index in [-0.39, 0.29) is 81.7 Å². The van der Waals surface area contributed by atoms with Crippen molar-refractivity contribution in [3.63, 3.8) is 0 Å². The second kappa shape index (κ2) is 14.3. The number of aliphatic carboxylic acids is 1. The summed E-state index contributed by atoms with van der Waals surface area (Å²) in [7, 11) is 0. The quantitative estimate of drug-likeness (QED) is 0.115. The van der Waals surface area contributed by atoms with Crippen LogP contribution in [-0.4, -0.2) is 84.7 Å². The molecule has 17 heteroatoms. The molecule has 0 radical (unpaired) electrons. The zero-order chi connectivity index (χ0) is 32.3. The topological polar surface area (TPSA) is 142 Å². The van der Waals surface area contributed by atoms with E-state index in [0.29, 0.717) is 6.42 Å². The third-order valence-electron chi connectivity index (χ3n) is 6.37. The van der Waals surface area contributed by atoms with Crippen LogP contribution in [0.5, 0.6) is 5.75 Å². The van der Waals surface area contributed by atoms with Crippen LogP contribution >= 0.6 is 0 Å². The van der Waals surface area contributed by atoms with Gasteiger partial charge in [0, 0.05) is 11.6 Å². The number of fused-ring (bicyclic) bond motifs is 1. The van der Waals surface area contributed by atoms with Crippen LogP contribution in [0.25, 0.3) is 34.0 Å². The number of aromatic nitrogens is 5. The molecule has 0 fully saturated rings. The van der Waals surface area contributed by atoms with Crippen LogP contribution in [0.2, 0.25) is 0 Å². The van der Waals surface area contributed by atoms with Gasteiger partial charge in [-0.3, -0.25) is 4.79 Å². The van der Waals surface area contributed by atoms with Gasteiger partial charge in [0.05, 0.1) is 36.5 Å². The first-order valence-corrected chi connectivity index (χ1v) is 13.3. The van der Waals surface area contributed by atoms with Crippen LogP contribution in [0.15, 0.2) is 59.4 Å². The zero-order valence-electron chi connectivity index (χ0n) is 23.2. The van der Waals surface area contributed by atoms with Gasteiger partial charge in [0.25, 0.3) is 0 Å². The SMILES string of the molecule is CCCOc1ccc(-c2cc(C(C(=O)OCCC(=O)O)n3cc4nc(-c5cccc(F)c5F)nc-4cn3)on2)c(C(F)(F)F)c1.[NaH]. The number of carboxylic acids is 1. The molecule has 0 bridgehead atoms. The predicted molar refractivity (Wildman–Crippen MR) is 151 cm³/mol. The molecule has 0 saturated heterocycles. The maximum absolute atomic E-state index is 14.4. The fraction of sp³-hybridized carbons (Fsp3) is 0.241. The van der Waals surface area contributed by atoms with E-state index in [9.17, 15) is 31.5 Å². The summed E-state index contributed by atoms with van der Waals surface area (Å²) in [6, 6.07) is 6.26. The van der Waals surface area contributed by atoms with Gasteiger partial charge in [0.15, 0.2) is 23.2 Å². The van der Waals surface area contributed by atoms with E-state index < -0.39 is 54.4 Å². The molecule has 236 valence electrons. The summed E-state index contributed by atoms with van der Waals surface area (Å²) in [6.45, 7) is 1.47. The Morgan fingerprint density at radius 2 is 1.78 bits per heavy atom. The van der Waals surface area contributed by atoms with E-state index >= 15 is 0 Å². The fourth-order valence-electron chi connectivity index (χ4n) is 4.28. The number of halogens is 5. The van der Waals surface area contributed by atoms with Gasteiger partial charge in [-0.2, -0.15) is 18.3 Å². The van der Waals surface area contributed by atoms with Crippen LogP contribution in [0.4, 0.5) is 22.0 Å². The average Bonchev–Trinajstić information content (AvgIpc) is 3.64. The number of carbonyl (C=O) groups is 2. The zero-order valence-corrected chi connectivity index (χ0v) is 23.2. The van der Waals surface area contributed by atoms with Crippen molar-refractivity contribution in [3.8, 4) is 39.8 Å². The van der Waals surface area contributed by atoms with E-state index in [1.807, 2.05) is 0 Å². The Bertz CT molecular complexity index is 1830. The second-order valence-corrected chi connectivity index (χ2v) is 9.55. The molecule has 0 amide bonds. The van der Waals surface area contributed by atoms with Crippen LogP contribution < -0.4 is 4.74 Å². The van der Waals surface area contributed by atoms with Crippen LogP contribution in [0.1, 0.15) is 37.1 Å². The fourth-order valence-corrected chi connectivity index (χ4v) is 4.28. The molecular weight excluding hydrogens is 632 g/mol. The number of alkyl halides is 3. The van der Waals surface area contributed by atoms with Gasteiger partial charge in [-0.15, -0.1) is 0 Å². The summed E-state index contributed by atoms with van der Waals surface area (Å²) < 4.78 is 86.9. The molecule has 0 aliphatic carbocycles. The predicted octanol–water partition coefficient (Wildman–Crippen LogP) is 5.14. The Kier molecular flexibility index (Phi) is 10.7. The van der Waals surface area contributed by atoms with E-state index in [2.05, 4.69) is 20.2 Å². The molecule has 1 N–H and O–H groups in total. The minimum absolute atomic E-state index is 0. The molecule has 46 heavy (non-hydrogen) atoms. The number of esters is 1. The number of nitrogens with zero attached hydrogens (tertiary/aromatic N) is 5. The normalized spacial score (nSPS) is 12.0. The standard InChI is InChI=1S/C29H22F5N5O6.Na.H/c1-2-9-43-15-6-7-16(18(11-15)29(32,33)34)20-12-23(45-38-20)26(28(42)44-10-8-24(40)41)39-14-22-21(13-35-39)36-27(37-22)17-4-3-5-19(30)25(17)31;;/h3-7,11-14,26H,2,8-10H2,1H3,(H,40,41);;. The third kappa shape index (κ3) is 7.51. The molecule has 2 aromatic carbocycles. The van der Waals surface area contributed by atoms with Gasteiger partial charge in [0.2, 0.25) is 6.04 Å². The summed E-state index contributed by atoms with van der Waals surface area (Å²) in [5.41, 5.74) is -1.71. The number of hydrogen-bond acceptors (Lipinski definition) is 9. The van der Waals surface area contributed by atoms with Crippen molar-refractivity contribution >= 4 is 41.5 Å². The molecule has 3 aromatic rings. The Labute approximate surface area is 279 Å². The van der Waals surface area contributed by atoms with E-state index in [4.69, 9.17) is 19.1 Å². The summed E-state index contributed by atoms with van der Waals surface area (Å²) in [5, 5.41) is 16.8. The molecule has 1 unspecified atom stereocenters. The van der Waals surface area contributed by atoms with Crippen LogP contribution in [0.3, 0.4) is 0 Å². The van der Waals surface area contributed by atoms with Crippen LogP contribution in [-0.2, 0) is 20.5 Å². The van der Waals surface area contributed by atoms with Crippen molar-refractivity contribution in [2.45, 2.75) is 32.0 Å². The number of carbonyl (C=O) groups excluding carboxylic acids is 1. The first-order valence-electron chi connectivity index (χ1n) is 13.3. The Morgan fingerprint density at radius 3 is 2.50 bits per heavy atom. The Hall–Kier alpha value is -4.41. The molecular formula is C29H23F5N5NaO6. The number of hydrogen-bond donors (Lipinski definition) is 1. The first kappa shape index (κ1) is 34.5. The molecule has 5 rings (SSSR count).